The topological polar surface area (TPSA) is 111 Å². The average Bonchev–Trinajstić information content (AvgIpc) is 3.43. The van der Waals surface area contributed by atoms with Gasteiger partial charge in [0, 0.05) is 24.6 Å². The third-order valence-corrected chi connectivity index (χ3v) is 4.93. The van der Waals surface area contributed by atoms with Crippen LogP contribution in [0.4, 0.5) is 5.13 Å². The number of furan rings is 1. The number of anilines is 1. The summed E-state index contributed by atoms with van der Waals surface area (Å²) in [5.74, 6) is -0.605. The molecule has 0 aliphatic heterocycles. The van der Waals surface area contributed by atoms with Gasteiger partial charge in [-0.05, 0) is 25.1 Å². The quantitative estimate of drug-likeness (QED) is 0.388. The number of benzene rings is 1. The molecule has 2 amide bonds. The number of thiazole rings is 1. The van der Waals surface area contributed by atoms with Gasteiger partial charge in [-0.15, -0.1) is 0 Å². The van der Waals surface area contributed by atoms with Gasteiger partial charge in [-0.3, -0.25) is 9.59 Å². The Bertz CT molecular complexity index is 1060. The molecule has 2 N–H and O–H groups in total. The highest BCUT2D eigenvalue weighted by atomic mass is 32.1. The Balaban J connectivity index is 1.58. The maximum absolute atomic E-state index is 12.3. The van der Waals surface area contributed by atoms with Crippen LogP contribution in [0.3, 0.4) is 0 Å². The first-order chi connectivity index (χ1) is 15.1. The van der Waals surface area contributed by atoms with E-state index in [1.54, 1.807) is 19.1 Å². The van der Waals surface area contributed by atoms with Gasteiger partial charge in [-0.2, -0.15) is 0 Å². The van der Waals surface area contributed by atoms with Crippen molar-refractivity contribution in [3.8, 4) is 11.3 Å². The molecular formula is C22H21N3O5S. The van der Waals surface area contributed by atoms with Crippen LogP contribution in [-0.2, 0) is 14.3 Å². The highest BCUT2D eigenvalue weighted by Gasteiger charge is 2.21. The van der Waals surface area contributed by atoms with E-state index in [-0.39, 0.29) is 36.5 Å². The average molecular weight is 439 g/mol. The van der Waals surface area contributed by atoms with Gasteiger partial charge in [0.05, 0.1) is 18.6 Å². The molecule has 0 saturated heterocycles. The van der Waals surface area contributed by atoms with Crippen molar-refractivity contribution in [3.05, 3.63) is 65.4 Å². The van der Waals surface area contributed by atoms with E-state index >= 15 is 0 Å². The predicted octanol–water partition coefficient (Wildman–Crippen LogP) is 3.74. The summed E-state index contributed by atoms with van der Waals surface area (Å²) in [5, 5.41) is 5.58. The van der Waals surface area contributed by atoms with E-state index in [4.69, 9.17) is 9.15 Å². The van der Waals surface area contributed by atoms with Crippen molar-refractivity contribution in [2.24, 2.45) is 0 Å². The minimum atomic E-state index is -0.491. The van der Waals surface area contributed by atoms with Gasteiger partial charge in [0.25, 0.3) is 0 Å². The van der Waals surface area contributed by atoms with E-state index in [1.807, 2.05) is 30.3 Å². The second kappa shape index (κ2) is 10.9. The molecule has 8 nitrogen and oxygen atoms in total. The molecule has 0 aliphatic carbocycles. The molecule has 0 fully saturated rings. The lowest BCUT2D eigenvalue weighted by atomic mass is 10.1. The summed E-state index contributed by atoms with van der Waals surface area (Å²) in [4.78, 5) is 41.1. The van der Waals surface area contributed by atoms with E-state index in [0.717, 1.165) is 16.9 Å². The van der Waals surface area contributed by atoms with Gasteiger partial charge in [0.2, 0.25) is 11.8 Å². The van der Waals surface area contributed by atoms with Gasteiger partial charge in [0.1, 0.15) is 10.6 Å². The Hall–Kier alpha value is -3.72. The van der Waals surface area contributed by atoms with Crippen LogP contribution in [0.15, 0.2) is 59.2 Å². The lowest BCUT2D eigenvalue weighted by molar-refractivity contribution is -0.117. The Morgan fingerprint density at radius 3 is 2.68 bits per heavy atom. The highest BCUT2D eigenvalue weighted by Crippen LogP contribution is 2.31. The molecule has 0 saturated carbocycles. The van der Waals surface area contributed by atoms with E-state index in [0.29, 0.717) is 16.3 Å². The third kappa shape index (κ3) is 6.38. The lowest BCUT2D eigenvalue weighted by Crippen LogP contribution is -2.26. The first-order valence-corrected chi connectivity index (χ1v) is 10.4. The number of esters is 1. The first-order valence-electron chi connectivity index (χ1n) is 9.59. The van der Waals surface area contributed by atoms with Crippen LogP contribution in [0.1, 0.15) is 28.8 Å². The summed E-state index contributed by atoms with van der Waals surface area (Å²) < 4.78 is 10.2. The molecule has 160 valence electrons. The van der Waals surface area contributed by atoms with Gasteiger partial charge in [-0.25, -0.2) is 9.78 Å². The molecule has 0 radical (unpaired) electrons. The SMILES string of the molecule is CCOC(=O)c1sc(NC(=O)CCNC(=O)/C=C/c2ccco2)nc1-c1ccccc1. The molecule has 2 aromatic heterocycles. The molecule has 1 aromatic carbocycles. The standard InChI is InChI=1S/C22H21N3O5S/c1-2-29-21(28)20-19(15-7-4-3-5-8-15)25-22(31-20)24-18(27)12-13-23-17(26)11-10-16-9-6-14-30-16/h3-11,14H,2,12-13H2,1H3,(H,23,26)(H,24,25,27)/b11-10+. The number of hydrogen-bond donors (Lipinski definition) is 2. The van der Waals surface area contributed by atoms with Crippen LogP contribution < -0.4 is 10.6 Å². The monoisotopic (exact) mass is 439 g/mol. The Labute approximate surface area is 182 Å². The summed E-state index contributed by atoms with van der Waals surface area (Å²) in [6, 6.07) is 12.6. The lowest BCUT2D eigenvalue weighted by Gasteiger charge is -2.02. The minimum absolute atomic E-state index is 0.0509. The third-order valence-electron chi connectivity index (χ3n) is 3.98. The fraction of sp³-hybridized carbons (Fsp3) is 0.182. The number of aromatic nitrogens is 1. The van der Waals surface area contributed by atoms with E-state index in [1.165, 1.54) is 18.4 Å². The molecule has 0 spiro atoms. The van der Waals surface area contributed by atoms with Gasteiger partial charge < -0.3 is 19.8 Å². The zero-order chi connectivity index (χ0) is 22.1. The molecule has 0 atom stereocenters. The number of amides is 2. The molecule has 0 unspecified atom stereocenters. The fourth-order valence-corrected chi connectivity index (χ4v) is 3.48. The molecule has 3 aromatic rings. The number of carbonyl (C=O) groups is 3. The minimum Gasteiger partial charge on any atom is -0.465 e. The molecule has 9 heteroatoms. The Morgan fingerprint density at radius 2 is 1.97 bits per heavy atom. The van der Waals surface area contributed by atoms with Gasteiger partial charge in [-0.1, -0.05) is 41.7 Å². The van der Waals surface area contributed by atoms with Crippen LogP contribution >= 0.6 is 11.3 Å². The van der Waals surface area contributed by atoms with E-state index < -0.39 is 5.97 Å². The van der Waals surface area contributed by atoms with Crippen LogP contribution in [0.5, 0.6) is 0 Å². The summed E-state index contributed by atoms with van der Waals surface area (Å²) in [5.41, 5.74) is 1.20. The summed E-state index contributed by atoms with van der Waals surface area (Å²) in [6.07, 6.45) is 4.43. The van der Waals surface area contributed by atoms with Gasteiger partial charge >= 0.3 is 5.97 Å². The smallest absolute Gasteiger partial charge is 0.350 e. The summed E-state index contributed by atoms with van der Waals surface area (Å²) in [7, 11) is 0. The first kappa shape index (κ1) is 22.0. The number of ether oxygens (including phenoxy) is 1. The number of nitrogens with zero attached hydrogens (tertiary/aromatic N) is 1. The maximum atomic E-state index is 12.3. The molecule has 3 rings (SSSR count). The van der Waals surface area contributed by atoms with Crippen molar-refractivity contribution < 1.29 is 23.5 Å². The van der Waals surface area contributed by atoms with E-state index in [9.17, 15) is 14.4 Å². The summed E-state index contributed by atoms with van der Waals surface area (Å²) in [6.45, 7) is 2.11. The number of rotatable bonds is 9. The Kier molecular flexibility index (Phi) is 7.72. The predicted molar refractivity (Wildman–Crippen MR) is 118 cm³/mol. The number of nitrogens with one attached hydrogen (secondary N) is 2. The highest BCUT2D eigenvalue weighted by molar-refractivity contribution is 7.18. The zero-order valence-corrected chi connectivity index (χ0v) is 17.6. The van der Waals surface area contributed by atoms with Crippen molar-refractivity contribution >= 4 is 40.3 Å². The summed E-state index contributed by atoms with van der Waals surface area (Å²) >= 11 is 1.05. The molecule has 0 aliphatic rings. The van der Waals surface area contributed by atoms with Crippen molar-refractivity contribution in [2.75, 3.05) is 18.5 Å². The van der Waals surface area contributed by atoms with Crippen molar-refractivity contribution in [2.45, 2.75) is 13.3 Å². The van der Waals surface area contributed by atoms with Crippen molar-refractivity contribution in [3.63, 3.8) is 0 Å². The van der Waals surface area contributed by atoms with Crippen LogP contribution in [0.2, 0.25) is 0 Å². The largest absolute Gasteiger partial charge is 0.465 e. The van der Waals surface area contributed by atoms with Crippen LogP contribution in [0.25, 0.3) is 17.3 Å². The van der Waals surface area contributed by atoms with Crippen LogP contribution in [-0.4, -0.2) is 35.9 Å². The van der Waals surface area contributed by atoms with E-state index in [2.05, 4.69) is 15.6 Å². The zero-order valence-electron chi connectivity index (χ0n) is 16.8. The Morgan fingerprint density at radius 1 is 1.16 bits per heavy atom. The number of carbonyl (C=O) groups excluding carboxylic acids is 3. The van der Waals surface area contributed by atoms with Crippen molar-refractivity contribution in [1.29, 1.82) is 0 Å². The number of hydrogen-bond acceptors (Lipinski definition) is 7. The second-order valence-electron chi connectivity index (χ2n) is 6.22. The molecular weight excluding hydrogens is 418 g/mol. The fourth-order valence-electron chi connectivity index (χ4n) is 2.58. The molecule has 2 heterocycles. The molecule has 31 heavy (non-hydrogen) atoms. The van der Waals surface area contributed by atoms with Gasteiger partial charge in [0.15, 0.2) is 5.13 Å². The van der Waals surface area contributed by atoms with Crippen molar-refractivity contribution in [1.82, 2.24) is 10.3 Å². The van der Waals surface area contributed by atoms with Crippen LogP contribution in [0, 0.1) is 0 Å². The maximum Gasteiger partial charge on any atom is 0.350 e. The normalized spacial score (nSPS) is 10.7. The second-order valence-corrected chi connectivity index (χ2v) is 7.22. The molecule has 0 bridgehead atoms.